The van der Waals surface area contributed by atoms with E-state index in [4.69, 9.17) is 14.2 Å². The molecule has 0 atom stereocenters. The second kappa shape index (κ2) is 11.8. The van der Waals surface area contributed by atoms with Gasteiger partial charge in [-0.15, -0.1) is 11.3 Å². The predicted octanol–water partition coefficient (Wildman–Crippen LogP) is 2.73. The highest BCUT2D eigenvalue weighted by atomic mass is 32.2. The Morgan fingerprint density at radius 3 is 2.23 bits per heavy atom. The Morgan fingerprint density at radius 1 is 1.03 bits per heavy atom. The van der Waals surface area contributed by atoms with Crippen molar-refractivity contribution in [2.24, 2.45) is 0 Å². The average molecular weight is 525 g/mol. The first kappa shape index (κ1) is 26.8. The van der Waals surface area contributed by atoms with Crippen LogP contribution in [0.1, 0.15) is 49.8 Å². The van der Waals surface area contributed by atoms with E-state index in [9.17, 15) is 22.8 Å². The van der Waals surface area contributed by atoms with E-state index in [1.807, 2.05) is 0 Å². The van der Waals surface area contributed by atoms with Crippen molar-refractivity contribution < 1.29 is 37.0 Å². The summed E-state index contributed by atoms with van der Waals surface area (Å²) in [5, 5.41) is 3.25. The van der Waals surface area contributed by atoms with Crippen LogP contribution in [-0.2, 0) is 24.2 Å². The maximum Gasteiger partial charge on any atom is 0.348 e. The normalized spacial score (nSPS) is 14.4. The molecule has 0 bridgehead atoms. The molecule has 10 nitrogen and oxygen atoms in total. The van der Waals surface area contributed by atoms with Gasteiger partial charge in [0.2, 0.25) is 10.0 Å². The zero-order valence-electron chi connectivity index (χ0n) is 19.8. The number of nitrogens with one attached hydrogen (secondary N) is 1. The van der Waals surface area contributed by atoms with Crippen molar-refractivity contribution in [3.8, 4) is 0 Å². The summed E-state index contributed by atoms with van der Waals surface area (Å²) in [5.74, 6) is -1.49. The van der Waals surface area contributed by atoms with Gasteiger partial charge < -0.3 is 19.5 Å². The van der Waals surface area contributed by atoms with E-state index >= 15 is 0 Å². The zero-order valence-corrected chi connectivity index (χ0v) is 21.4. The van der Waals surface area contributed by atoms with Crippen LogP contribution in [-0.4, -0.2) is 76.5 Å². The summed E-state index contributed by atoms with van der Waals surface area (Å²) in [6, 6.07) is 5.70. The van der Waals surface area contributed by atoms with Gasteiger partial charge in [0.1, 0.15) is 9.88 Å². The Labute approximate surface area is 208 Å². The Bertz CT molecular complexity index is 1180. The molecule has 2 aromatic rings. The number of ketones is 1. The molecule has 190 valence electrons. The van der Waals surface area contributed by atoms with Gasteiger partial charge in [0.15, 0.2) is 5.78 Å². The van der Waals surface area contributed by atoms with Gasteiger partial charge in [-0.3, -0.25) is 4.79 Å². The van der Waals surface area contributed by atoms with Crippen LogP contribution in [0.5, 0.6) is 0 Å². The molecule has 2 heterocycles. The highest BCUT2D eigenvalue weighted by molar-refractivity contribution is 7.89. The fourth-order valence-corrected chi connectivity index (χ4v) is 5.98. The molecule has 1 aromatic heterocycles. The molecule has 1 aromatic carbocycles. The molecule has 35 heavy (non-hydrogen) atoms. The molecule has 0 unspecified atom stereocenters. The monoisotopic (exact) mass is 524 g/mol. The van der Waals surface area contributed by atoms with Crippen molar-refractivity contribution in [1.82, 2.24) is 4.31 Å². The van der Waals surface area contributed by atoms with E-state index in [1.54, 1.807) is 20.8 Å². The van der Waals surface area contributed by atoms with E-state index in [0.29, 0.717) is 29.3 Å². The van der Waals surface area contributed by atoms with Crippen molar-refractivity contribution in [2.45, 2.75) is 25.7 Å². The van der Waals surface area contributed by atoms with Gasteiger partial charge in [-0.2, -0.15) is 4.31 Å². The van der Waals surface area contributed by atoms with Crippen LogP contribution in [0.2, 0.25) is 0 Å². The van der Waals surface area contributed by atoms with Crippen LogP contribution in [0.3, 0.4) is 0 Å². The lowest BCUT2D eigenvalue weighted by molar-refractivity contribution is 0.0527. The smallest absolute Gasteiger partial charge is 0.348 e. The number of benzene rings is 1. The van der Waals surface area contributed by atoms with Crippen LogP contribution >= 0.6 is 11.3 Å². The van der Waals surface area contributed by atoms with E-state index in [0.717, 1.165) is 11.3 Å². The summed E-state index contributed by atoms with van der Waals surface area (Å²) < 4.78 is 42.3. The molecular weight excluding hydrogens is 496 g/mol. The van der Waals surface area contributed by atoms with Gasteiger partial charge in [-0.1, -0.05) is 0 Å². The number of carbonyl (C=O) groups excluding carboxylic acids is 3. The van der Waals surface area contributed by atoms with Crippen LogP contribution in [0.4, 0.5) is 5.00 Å². The molecule has 0 aliphatic carbocycles. The molecule has 0 radical (unpaired) electrons. The van der Waals surface area contributed by atoms with Crippen LogP contribution in [0.25, 0.3) is 0 Å². The van der Waals surface area contributed by atoms with Crippen molar-refractivity contribution in [3.63, 3.8) is 0 Å². The molecule has 1 N–H and O–H groups in total. The SMILES string of the molecule is CCOC(=O)c1sc(NCC(=O)c2ccc(S(=O)(=O)N3CCOCC3)cc2)c(C(=O)OCC)c1C. The summed E-state index contributed by atoms with van der Waals surface area (Å²) in [6.45, 7) is 6.39. The highest BCUT2D eigenvalue weighted by Crippen LogP contribution is 2.34. The third-order valence-electron chi connectivity index (χ3n) is 5.28. The van der Waals surface area contributed by atoms with Gasteiger partial charge in [-0.25, -0.2) is 18.0 Å². The molecule has 1 fully saturated rings. The number of Topliss-reactive ketones (excluding diaryl/α,β-unsaturated/α-hetero) is 1. The molecule has 0 spiro atoms. The Kier molecular flexibility index (Phi) is 9.00. The lowest BCUT2D eigenvalue weighted by atomic mass is 10.1. The first-order valence-electron chi connectivity index (χ1n) is 11.1. The first-order chi connectivity index (χ1) is 16.7. The summed E-state index contributed by atoms with van der Waals surface area (Å²) >= 11 is 1.01. The molecular formula is C23H28N2O8S2. The average Bonchev–Trinajstić information content (AvgIpc) is 3.19. The number of esters is 2. The number of thiophene rings is 1. The summed E-state index contributed by atoms with van der Waals surface area (Å²) in [7, 11) is -3.66. The lowest BCUT2D eigenvalue weighted by Crippen LogP contribution is -2.40. The lowest BCUT2D eigenvalue weighted by Gasteiger charge is -2.26. The fourth-order valence-electron chi connectivity index (χ4n) is 3.49. The Balaban J connectivity index is 1.75. The molecule has 1 aliphatic rings. The van der Waals surface area contributed by atoms with Gasteiger partial charge in [0.05, 0.1) is 43.4 Å². The second-order valence-electron chi connectivity index (χ2n) is 7.52. The third kappa shape index (κ3) is 6.07. The molecule has 3 rings (SSSR count). The number of ether oxygens (including phenoxy) is 3. The Hall–Kier alpha value is -2.80. The number of morpholine rings is 1. The number of rotatable bonds is 10. The van der Waals surface area contributed by atoms with Crippen LogP contribution in [0.15, 0.2) is 29.2 Å². The van der Waals surface area contributed by atoms with Crippen LogP contribution in [0, 0.1) is 6.92 Å². The number of hydrogen-bond acceptors (Lipinski definition) is 10. The summed E-state index contributed by atoms with van der Waals surface area (Å²) in [4.78, 5) is 37.9. The maximum absolute atomic E-state index is 12.8. The molecule has 0 amide bonds. The number of hydrogen-bond donors (Lipinski definition) is 1. The topological polar surface area (TPSA) is 128 Å². The minimum Gasteiger partial charge on any atom is -0.462 e. The van der Waals surface area contributed by atoms with E-state index in [2.05, 4.69) is 5.32 Å². The van der Waals surface area contributed by atoms with Gasteiger partial charge in [-0.05, 0) is 50.6 Å². The minimum atomic E-state index is -3.66. The van der Waals surface area contributed by atoms with Crippen LogP contribution < -0.4 is 5.32 Å². The van der Waals surface area contributed by atoms with E-state index < -0.39 is 22.0 Å². The highest BCUT2D eigenvalue weighted by Gasteiger charge is 2.28. The molecule has 1 saturated heterocycles. The van der Waals surface area contributed by atoms with E-state index in [-0.39, 0.29) is 54.0 Å². The van der Waals surface area contributed by atoms with Crippen molar-refractivity contribution in [1.29, 1.82) is 0 Å². The minimum absolute atomic E-state index is 0.0986. The zero-order chi connectivity index (χ0) is 25.6. The third-order valence-corrected chi connectivity index (χ3v) is 8.42. The molecule has 0 saturated carbocycles. The number of carbonyl (C=O) groups is 3. The van der Waals surface area contributed by atoms with Gasteiger partial charge >= 0.3 is 11.9 Å². The maximum atomic E-state index is 12.8. The molecule has 1 aliphatic heterocycles. The fraction of sp³-hybridized carbons (Fsp3) is 0.435. The standard InChI is InChI=1S/C23H28N2O8S2/c1-4-32-22(27)19-15(3)20(23(28)33-5-2)34-21(19)24-14-18(26)16-6-8-17(9-7-16)35(29,30)25-10-12-31-13-11-25/h6-9,24H,4-5,10-14H2,1-3H3. The number of sulfonamides is 1. The summed E-state index contributed by atoms with van der Waals surface area (Å²) in [5.41, 5.74) is 0.897. The second-order valence-corrected chi connectivity index (χ2v) is 10.5. The largest absolute Gasteiger partial charge is 0.462 e. The molecule has 12 heteroatoms. The predicted molar refractivity (Wildman–Crippen MR) is 130 cm³/mol. The van der Waals surface area contributed by atoms with Crippen molar-refractivity contribution in [3.05, 3.63) is 45.8 Å². The summed E-state index contributed by atoms with van der Waals surface area (Å²) in [6.07, 6.45) is 0. The van der Waals surface area contributed by atoms with E-state index in [1.165, 1.54) is 28.6 Å². The number of anilines is 1. The Morgan fingerprint density at radius 2 is 1.63 bits per heavy atom. The van der Waals surface area contributed by atoms with Gasteiger partial charge in [0.25, 0.3) is 0 Å². The number of nitrogens with zero attached hydrogens (tertiary/aromatic N) is 1. The first-order valence-corrected chi connectivity index (χ1v) is 13.4. The van der Waals surface area contributed by atoms with Crippen molar-refractivity contribution in [2.75, 3.05) is 51.4 Å². The van der Waals surface area contributed by atoms with Gasteiger partial charge in [0, 0.05) is 18.7 Å². The van der Waals surface area contributed by atoms with Crippen molar-refractivity contribution >= 4 is 44.1 Å². The quantitative estimate of drug-likeness (QED) is 0.368.